The number of aromatic nitrogens is 4. The van der Waals surface area contributed by atoms with Gasteiger partial charge in [-0.3, -0.25) is 0 Å². The van der Waals surface area contributed by atoms with E-state index in [1.807, 2.05) is 0 Å². The van der Waals surface area contributed by atoms with Gasteiger partial charge in [0.05, 0.1) is 0 Å². The maximum absolute atomic E-state index is 6.11. The minimum absolute atomic E-state index is 0.0857. The fourth-order valence-corrected chi connectivity index (χ4v) is 4.62. The Bertz CT molecular complexity index is 1080. The van der Waals surface area contributed by atoms with Crippen LogP contribution < -0.4 is 20.5 Å². The van der Waals surface area contributed by atoms with Crippen molar-refractivity contribution in [3.8, 4) is 11.5 Å². The molecule has 3 aromatic rings. The van der Waals surface area contributed by atoms with Crippen LogP contribution in [0.5, 0.6) is 11.5 Å². The Morgan fingerprint density at radius 2 is 1.90 bits per heavy atom. The summed E-state index contributed by atoms with van der Waals surface area (Å²) in [4.78, 5) is 14.5. The lowest BCUT2D eigenvalue weighted by Crippen LogP contribution is -2.36. The summed E-state index contributed by atoms with van der Waals surface area (Å²) < 4.78 is 13.7. The van der Waals surface area contributed by atoms with Gasteiger partial charge in [-0.2, -0.15) is 0 Å². The van der Waals surface area contributed by atoms with E-state index in [4.69, 9.17) is 20.2 Å². The molecular formula is C22H30N6O2S. The quantitative estimate of drug-likeness (QED) is 0.535. The topological polar surface area (TPSA) is 100 Å². The van der Waals surface area contributed by atoms with Gasteiger partial charge in [-0.15, -0.1) is 0 Å². The van der Waals surface area contributed by atoms with Gasteiger partial charge >= 0.3 is 0 Å². The summed E-state index contributed by atoms with van der Waals surface area (Å²) in [5.74, 6) is 1.99. The molecule has 1 aliphatic rings. The average molecular weight is 443 g/mol. The van der Waals surface area contributed by atoms with Crippen LogP contribution in [0.1, 0.15) is 39.7 Å². The molecule has 0 spiro atoms. The smallest absolute Gasteiger partial charge is 0.175 e. The maximum atomic E-state index is 6.11. The molecule has 0 aliphatic carbocycles. The van der Waals surface area contributed by atoms with Crippen molar-refractivity contribution in [3.05, 3.63) is 24.0 Å². The molecule has 0 bridgehead atoms. The Morgan fingerprint density at radius 1 is 1.16 bits per heavy atom. The van der Waals surface area contributed by atoms with E-state index < -0.39 is 0 Å². The van der Waals surface area contributed by atoms with Crippen molar-refractivity contribution >= 4 is 28.7 Å². The highest BCUT2D eigenvalue weighted by Gasteiger charge is 2.20. The average Bonchev–Trinajstić information content (AvgIpc) is 3.08. The zero-order chi connectivity index (χ0) is 22.0. The first kappa shape index (κ1) is 21.7. The lowest BCUT2D eigenvalue weighted by atomic mass is 10.1. The Morgan fingerprint density at radius 3 is 2.61 bits per heavy atom. The Hall–Kier alpha value is -2.52. The molecule has 2 aromatic heterocycles. The molecule has 31 heavy (non-hydrogen) atoms. The highest BCUT2D eigenvalue weighted by molar-refractivity contribution is 7.99. The van der Waals surface area contributed by atoms with Crippen molar-refractivity contribution in [2.75, 3.05) is 25.5 Å². The van der Waals surface area contributed by atoms with Gasteiger partial charge in [0.2, 0.25) is 0 Å². The summed E-state index contributed by atoms with van der Waals surface area (Å²) in [7, 11) is 0. The van der Waals surface area contributed by atoms with Crippen LogP contribution in [0.25, 0.3) is 11.2 Å². The fourth-order valence-electron chi connectivity index (χ4n) is 3.50. The second kappa shape index (κ2) is 8.92. The van der Waals surface area contributed by atoms with Crippen LogP contribution in [0.15, 0.2) is 28.5 Å². The molecule has 1 aliphatic heterocycles. The van der Waals surface area contributed by atoms with Crippen LogP contribution in [0, 0.1) is 0 Å². The van der Waals surface area contributed by atoms with E-state index in [1.54, 1.807) is 11.8 Å². The van der Waals surface area contributed by atoms with Crippen LogP contribution in [-0.2, 0) is 13.0 Å². The molecule has 0 amide bonds. The van der Waals surface area contributed by atoms with Gasteiger partial charge in [0.15, 0.2) is 33.6 Å². The number of nitrogens with zero attached hydrogens (tertiary/aromatic N) is 4. The molecule has 4 rings (SSSR count). The molecule has 166 valence electrons. The van der Waals surface area contributed by atoms with Gasteiger partial charge in [-0.1, -0.05) is 18.7 Å². The SMILES string of the molecule is CCc1cc2c(cc1Sc1nc3c(N)ncnc3n1CCCNC(C)(C)C)OCCO2. The third kappa shape index (κ3) is 4.88. The first-order valence-electron chi connectivity index (χ1n) is 10.7. The van der Waals surface area contributed by atoms with Gasteiger partial charge in [-0.05, 0) is 57.9 Å². The number of nitrogens with one attached hydrogen (secondary N) is 1. The molecule has 8 nitrogen and oxygen atoms in total. The van der Waals surface area contributed by atoms with Crippen LogP contribution in [0.2, 0.25) is 0 Å². The fraction of sp³-hybridized carbons (Fsp3) is 0.500. The van der Waals surface area contributed by atoms with Crippen molar-refractivity contribution < 1.29 is 9.47 Å². The zero-order valence-corrected chi connectivity index (χ0v) is 19.4. The summed E-state index contributed by atoms with van der Waals surface area (Å²) in [6.07, 6.45) is 3.33. The number of imidazole rings is 1. The number of hydrogen-bond donors (Lipinski definition) is 2. The van der Waals surface area contributed by atoms with Gasteiger partial charge in [-0.25, -0.2) is 15.0 Å². The molecule has 3 N–H and O–H groups in total. The van der Waals surface area contributed by atoms with Gasteiger partial charge < -0.3 is 25.1 Å². The summed E-state index contributed by atoms with van der Waals surface area (Å²) in [6.45, 7) is 11.5. The molecule has 0 saturated heterocycles. The minimum atomic E-state index is 0.0857. The third-order valence-corrected chi connectivity index (χ3v) is 6.14. The second-order valence-electron chi connectivity index (χ2n) is 8.57. The molecule has 0 radical (unpaired) electrons. The van der Waals surface area contributed by atoms with E-state index >= 15 is 0 Å². The molecule has 1 aromatic carbocycles. The first-order chi connectivity index (χ1) is 14.9. The normalized spacial score (nSPS) is 13.7. The number of benzene rings is 1. The molecule has 0 atom stereocenters. The van der Waals surface area contributed by atoms with E-state index in [2.05, 4.69) is 59.7 Å². The minimum Gasteiger partial charge on any atom is -0.486 e. The second-order valence-corrected chi connectivity index (χ2v) is 9.58. The van der Waals surface area contributed by atoms with Crippen LogP contribution in [-0.4, -0.2) is 44.8 Å². The third-order valence-electron chi connectivity index (χ3n) is 5.05. The van der Waals surface area contributed by atoms with Crippen molar-refractivity contribution in [1.82, 2.24) is 24.8 Å². The van der Waals surface area contributed by atoms with Crippen molar-refractivity contribution in [2.24, 2.45) is 0 Å². The van der Waals surface area contributed by atoms with E-state index in [0.717, 1.165) is 53.1 Å². The molecule has 0 saturated carbocycles. The number of aryl methyl sites for hydroxylation is 2. The highest BCUT2D eigenvalue weighted by atomic mass is 32.2. The molecule has 3 heterocycles. The van der Waals surface area contributed by atoms with E-state index in [1.165, 1.54) is 11.9 Å². The first-order valence-corrected chi connectivity index (χ1v) is 11.5. The highest BCUT2D eigenvalue weighted by Crippen LogP contribution is 2.40. The number of nitrogens with two attached hydrogens (primary N) is 1. The maximum Gasteiger partial charge on any atom is 0.175 e. The largest absolute Gasteiger partial charge is 0.486 e. The molecule has 0 fully saturated rings. The van der Waals surface area contributed by atoms with E-state index in [-0.39, 0.29) is 5.54 Å². The van der Waals surface area contributed by atoms with Gasteiger partial charge in [0.1, 0.15) is 19.5 Å². The predicted octanol–water partition coefficient (Wildman–Crippen LogP) is 3.67. The zero-order valence-electron chi connectivity index (χ0n) is 18.6. The van der Waals surface area contributed by atoms with Crippen molar-refractivity contribution in [1.29, 1.82) is 0 Å². The predicted molar refractivity (Wildman–Crippen MR) is 123 cm³/mol. The Labute approximate surface area is 186 Å². The lowest BCUT2D eigenvalue weighted by molar-refractivity contribution is 0.171. The van der Waals surface area contributed by atoms with Crippen LogP contribution in [0.4, 0.5) is 5.82 Å². The van der Waals surface area contributed by atoms with E-state index in [0.29, 0.717) is 24.5 Å². The number of rotatable bonds is 7. The van der Waals surface area contributed by atoms with Gasteiger partial charge in [0.25, 0.3) is 0 Å². The standard InChI is InChI=1S/C22H30N6O2S/c1-5-14-11-15-16(30-10-9-29-15)12-17(14)31-21-27-18-19(23)24-13-25-20(18)28(21)8-6-7-26-22(2,3)4/h11-13,26H,5-10H2,1-4H3,(H2,23,24,25). The van der Waals surface area contributed by atoms with Crippen LogP contribution in [0.3, 0.4) is 0 Å². The molecule has 9 heteroatoms. The molecule has 0 unspecified atom stereocenters. The van der Waals surface area contributed by atoms with Crippen molar-refractivity contribution in [2.45, 2.75) is 62.7 Å². The number of nitrogen functional groups attached to an aromatic ring is 1. The number of hydrogen-bond acceptors (Lipinski definition) is 8. The number of fused-ring (bicyclic) bond motifs is 2. The van der Waals surface area contributed by atoms with Crippen LogP contribution >= 0.6 is 11.8 Å². The Balaban J connectivity index is 1.66. The van der Waals surface area contributed by atoms with E-state index in [9.17, 15) is 0 Å². The lowest BCUT2D eigenvalue weighted by Gasteiger charge is -2.21. The monoisotopic (exact) mass is 442 g/mol. The molecular weight excluding hydrogens is 412 g/mol. The number of anilines is 1. The van der Waals surface area contributed by atoms with Gasteiger partial charge in [0, 0.05) is 17.0 Å². The summed E-state index contributed by atoms with van der Waals surface area (Å²) in [5.41, 5.74) is 8.80. The Kier molecular flexibility index (Phi) is 6.24. The summed E-state index contributed by atoms with van der Waals surface area (Å²) >= 11 is 1.61. The van der Waals surface area contributed by atoms with Crippen molar-refractivity contribution in [3.63, 3.8) is 0 Å². The summed E-state index contributed by atoms with van der Waals surface area (Å²) in [6, 6.07) is 4.13. The number of ether oxygens (including phenoxy) is 2. The summed E-state index contributed by atoms with van der Waals surface area (Å²) in [5, 5.41) is 4.39.